The summed E-state index contributed by atoms with van der Waals surface area (Å²) in [6.45, 7) is 4.26. The molecule has 6 heteroatoms. The van der Waals surface area contributed by atoms with E-state index in [9.17, 15) is 14.4 Å². The molecule has 2 atom stereocenters. The summed E-state index contributed by atoms with van der Waals surface area (Å²) in [5.74, 6) is -0.678. The molecular weight excluding hydrogens is 392 g/mol. The minimum Gasteiger partial charge on any atom is -0.466 e. The maximum atomic E-state index is 13.4. The van der Waals surface area contributed by atoms with Gasteiger partial charge in [0.2, 0.25) is 5.91 Å². The van der Waals surface area contributed by atoms with Gasteiger partial charge in [0, 0.05) is 31.7 Å². The Balaban J connectivity index is 1.44. The lowest BCUT2D eigenvalue weighted by Gasteiger charge is -2.38. The van der Waals surface area contributed by atoms with E-state index in [0.717, 1.165) is 11.1 Å². The average Bonchev–Trinajstić information content (AvgIpc) is 2.83. The highest BCUT2D eigenvalue weighted by Crippen LogP contribution is 2.40. The Bertz CT molecular complexity index is 951. The zero-order valence-electron chi connectivity index (χ0n) is 17.8. The number of hydrogen-bond acceptors (Lipinski definition) is 4. The first-order valence-corrected chi connectivity index (χ1v) is 11.0. The van der Waals surface area contributed by atoms with Crippen LogP contribution >= 0.6 is 0 Å². The smallest absolute Gasteiger partial charge is 0.313 e. The van der Waals surface area contributed by atoms with Crippen molar-refractivity contribution in [2.45, 2.75) is 31.6 Å². The Morgan fingerprint density at radius 3 is 2.00 bits per heavy atom. The predicted octanol–water partition coefficient (Wildman–Crippen LogP) is 3.20. The average molecular weight is 421 g/mol. The summed E-state index contributed by atoms with van der Waals surface area (Å²) < 4.78 is 5.25. The van der Waals surface area contributed by atoms with Crippen LogP contribution in [0.25, 0.3) is 0 Å². The van der Waals surface area contributed by atoms with Crippen LogP contribution in [-0.2, 0) is 14.3 Å². The van der Waals surface area contributed by atoms with Crippen molar-refractivity contribution in [2.24, 2.45) is 0 Å². The van der Waals surface area contributed by atoms with Crippen LogP contribution in [0.1, 0.15) is 53.1 Å². The number of fused-ring (bicyclic) bond motifs is 1. The third-order valence-electron chi connectivity index (χ3n) is 6.26. The van der Waals surface area contributed by atoms with Crippen LogP contribution in [0.4, 0.5) is 0 Å². The molecule has 162 valence electrons. The number of amides is 2. The van der Waals surface area contributed by atoms with Gasteiger partial charge in [-0.05, 0) is 43.0 Å². The van der Waals surface area contributed by atoms with Crippen LogP contribution in [0.3, 0.4) is 0 Å². The van der Waals surface area contributed by atoms with Crippen LogP contribution in [0.15, 0.2) is 54.6 Å². The minimum absolute atomic E-state index is 0.00740. The van der Waals surface area contributed by atoms with E-state index >= 15 is 0 Å². The molecule has 2 aromatic carbocycles. The SMILES string of the molecule is CCOC(=O)[C@@H]1CC[C@H](C(=O)N2CCN(C(=O)c3ccccc3)CC2)c2ccccc21. The quantitative estimate of drug-likeness (QED) is 0.713. The second-order valence-electron chi connectivity index (χ2n) is 8.05. The first-order valence-electron chi connectivity index (χ1n) is 11.0. The molecule has 0 saturated carbocycles. The third kappa shape index (κ3) is 4.33. The first kappa shape index (κ1) is 21.1. The highest BCUT2D eigenvalue weighted by Gasteiger charge is 2.37. The van der Waals surface area contributed by atoms with E-state index in [1.807, 2.05) is 64.4 Å². The Hall–Kier alpha value is -3.15. The van der Waals surface area contributed by atoms with Crippen LogP contribution in [0, 0.1) is 0 Å². The molecule has 6 nitrogen and oxygen atoms in total. The standard InChI is InChI=1S/C25H28N2O4/c1-2-31-25(30)22-13-12-21(19-10-6-7-11-20(19)22)24(29)27-16-14-26(15-17-27)23(28)18-8-4-3-5-9-18/h3-11,21-22H,2,12-17H2,1H3/t21-,22+/m0/s1. The molecule has 2 amide bonds. The van der Waals surface area contributed by atoms with Crippen LogP contribution in [0.5, 0.6) is 0 Å². The minimum atomic E-state index is -0.305. The molecule has 0 bridgehead atoms. The molecule has 1 aliphatic heterocycles. The Morgan fingerprint density at radius 1 is 0.806 bits per heavy atom. The molecule has 4 rings (SSSR count). The van der Waals surface area contributed by atoms with E-state index in [-0.39, 0.29) is 29.6 Å². The van der Waals surface area contributed by atoms with Crippen molar-refractivity contribution < 1.29 is 19.1 Å². The van der Waals surface area contributed by atoms with Crippen LogP contribution in [0.2, 0.25) is 0 Å². The number of carbonyl (C=O) groups is 3. The van der Waals surface area contributed by atoms with E-state index in [1.165, 1.54) is 0 Å². The molecule has 1 aliphatic carbocycles. The molecule has 31 heavy (non-hydrogen) atoms. The Morgan fingerprint density at radius 2 is 1.35 bits per heavy atom. The summed E-state index contributed by atoms with van der Waals surface area (Å²) in [6.07, 6.45) is 1.24. The summed E-state index contributed by atoms with van der Waals surface area (Å²) in [5, 5.41) is 0. The van der Waals surface area contributed by atoms with Gasteiger partial charge in [0.15, 0.2) is 0 Å². The molecule has 2 aliphatic rings. The van der Waals surface area contributed by atoms with Gasteiger partial charge in [0.1, 0.15) is 0 Å². The highest BCUT2D eigenvalue weighted by molar-refractivity contribution is 5.94. The van der Waals surface area contributed by atoms with Gasteiger partial charge >= 0.3 is 5.97 Å². The topological polar surface area (TPSA) is 66.9 Å². The zero-order valence-corrected chi connectivity index (χ0v) is 17.8. The number of ether oxygens (including phenoxy) is 1. The second kappa shape index (κ2) is 9.33. The maximum Gasteiger partial charge on any atom is 0.313 e. The fourth-order valence-electron chi connectivity index (χ4n) is 4.65. The molecule has 1 heterocycles. The van der Waals surface area contributed by atoms with Gasteiger partial charge in [0.25, 0.3) is 5.91 Å². The molecule has 0 spiro atoms. The maximum absolute atomic E-state index is 13.4. The third-order valence-corrected chi connectivity index (χ3v) is 6.26. The molecule has 0 N–H and O–H groups in total. The van der Waals surface area contributed by atoms with Crippen molar-refractivity contribution in [1.82, 2.24) is 9.80 Å². The van der Waals surface area contributed by atoms with Crippen molar-refractivity contribution in [3.05, 3.63) is 71.3 Å². The van der Waals surface area contributed by atoms with Gasteiger partial charge in [-0.25, -0.2) is 0 Å². The molecular formula is C25H28N2O4. The zero-order chi connectivity index (χ0) is 21.8. The lowest BCUT2D eigenvalue weighted by atomic mass is 9.76. The number of benzene rings is 2. The molecule has 0 unspecified atom stereocenters. The molecule has 1 fully saturated rings. The monoisotopic (exact) mass is 420 g/mol. The molecule has 0 aromatic heterocycles. The summed E-state index contributed by atoms with van der Waals surface area (Å²) in [5.41, 5.74) is 2.51. The van der Waals surface area contributed by atoms with Crippen molar-refractivity contribution in [1.29, 1.82) is 0 Å². The predicted molar refractivity (Wildman–Crippen MR) is 117 cm³/mol. The van der Waals surface area contributed by atoms with Gasteiger partial charge in [0.05, 0.1) is 18.4 Å². The van der Waals surface area contributed by atoms with E-state index in [0.29, 0.717) is 51.2 Å². The van der Waals surface area contributed by atoms with Gasteiger partial charge in [-0.15, -0.1) is 0 Å². The van der Waals surface area contributed by atoms with Crippen molar-refractivity contribution >= 4 is 17.8 Å². The molecule has 0 radical (unpaired) electrons. The number of nitrogens with zero attached hydrogens (tertiary/aromatic N) is 2. The van der Waals surface area contributed by atoms with Crippen LogP contribution < -0.4 is 0 Å². The van der Waals surface area contributed by atoms with Crippen molar-refractivity contribution in [3.63, 3.8) is 0 Å². The van der Waals surface area contributed by atoms with Crippen molar-refractivity contribution in [3.8, 4) is 0 Å². The fourth-order valence-corrected chi connectivity index (χ4v) is 4.65. The summed E-state index contributed by atoms with van der Waals surface area (Å²) >= 11 is 0. The second-order valence-corrected chi connectivity index (χ2v) is 8.05. The number of piperazine rings is 1. The number of carbonyl (C=O) groups excluding carboxylic acids is 3. The number of esters is 1. The molecule has 2 aromatic rings. The number of rotatable bonds is 4. The Labute approximate surface area is 182 Å². The van der Waals surface area contributed by atoms with Crippen LogP contribution in [-0.4, -0.2) is 60.4 Å². The van der Waals surface area contributed by atoms with E-state index in [1.54, 1.807) is 6.92 Å². The first-order chi connectivity index (χ1) is 15.1. The van der Waals surface area contributed by atoms with Crippen molar-refractivity contribution in [2.75, 3.05) is 32.8 Å². The van der Waals surface area contributed by atoms with Gasteiger partial charge in [-0.3, -0.25) is 14.4 Å². The van der Waals surface area contributed by atoms with E-state index < -0.39 is 0 Å². The van der Waals surface area contributed by atoms with Gasteiger partial charge in [-0.2, -0.15) is 0 Å². The fraction of sp³-hybridized carbons (Fsp3) is 0.400. The van der Waals surface area contributed by atoms with Gasteiger partial charge in [-0.1, -0.05) is 42.5 Å². The largest absolute Gasteiger partial charge is 0.466 e. The summed E-state index contributed by atoms with van der Waals surface area (Å²) in [6, 6.07) is 17.0. The van der Waals surface area contributed by atoms with Gasteiger partial charge < -0.3 is 14.5 Å². The summed E-state index contributed by atoms with van der Waals surface area (Å²) in [7, 11) is 0. The number of hydrogen-bond donors (Lipinski definition) is 0. The highest BCUT2D eigenvalue weighted by atomic mass is 16.5. The lowest BCUT2D eigenvalue weighted by Crippen LogP contribution is -2.52. The lowest BCUT2D eigenvalue weighted by molar-refractivity contribution is -0.146. The Kier molecular flexibility index (Phi) is 6.35. The normalized spacial score (nSPS) is 20.7. The van der Waals surface area contributed by atoms with E-state index in [4.69, 9.17) is 4.74 Å². The molecule has 1 saturated heterocycles. The summed E-state index contributed by atoms with van der Waals surface area (Å²) in [4.78, 5) is 42.1. The van der Waals surface area contributed by atoms with E-state index in [2.05, 4.69) is 0 Å².